The number of alkyl halides is 6. The molecule has 34 heavy (non-hydrogen) atoms. The SMILES string of the molecule is CC1CCC(C2CCC(C3CC(F)C(C(F)(F)OC4CC(F)C(F)C(P)C4)C(F)C3)CC2)OC1. The summed E-state index contributed by atoms with van der Waals surface area (Å²) >= 11 is 0. The van der Waals surface area contributed by atoms with Crippen LogP contribution in [0.5, 0.6) is 0 Å². The molecule has 9 atom stereocenters. The van der Waals surface area contributed by atoms with Crippen molar-refractivity contribution in [3.8, 4) is 0 Å². The van der Waals surface area contributed by atoms with E-state index in [0.29, 0.717) is 11.8 Å². The average molecular weight is 517 g/mol. The van der Waals surface area contributed by atoms with E-state index in [0.717, 1.165) is 45.1 Å². The van der Waals surface area contributed by atoms with Crippen LogP contribution in [0.1, 0.15) is 71.1 Å². The summed E-state index contributed by atoms with van der Waals surface area (Å²) in [6, 6.07) is 0. The number of ether oxygens (including phenoxy) is 2. The Morgan fingerprint density at radius 1 is 0.765 bits per heavy atom. The third-order valence-corrected chi connectivity index (χ3v) is 9.51. The van der Waals surface area contributed by atoms with Crippen molar-refractivity contribution in [2.24, 2.45) is 29.6 Å². The maximum Gasteiger partial charge on any atom is 0.364 e. The monoisotopic (exact) mass is 516 g/mol. The van der Waals surface area contributed by atoms with Gasteiger partial charge in [0.05, 0.1) is 12.2 Å². The van der Waals surface area contributed by atoms with E-state index < -0.39 is 54.9 Å². The molecular weight excluding hydrogens is 477 g/mol. The van der Waals surface area contributed by atoms with E-state index in [1.165, 1.54) is 0 Å². The van der Waals surface area contributed by atoms with E-state index in [1.54, 1.807) is 0 Å². The molecule has 0 bridgehead atoms. The Morgan fingerprint density at radius 3 is 1.94 bits per heavy atom. The molecule has 198 valence electrons. The Balaban J connectivity index is 1.29. The summed E-state index contributed by atoms with van der Waals surface area (Å²) in [5.41, 5.74) is -0.861. The van der Waals surface area contributed by atoms with Crippen LogP contribution in [-0.2, 0) is 9.47 Å². The quantitative estimate of drug-likeness (QED) is 0.289. The Bertz CT molecular complexity index is 631. The molecule has 0 aromatic heterocycles. The smallest absolute Gasteiger partial charge is 0.364 e. The summed E-state index contributed by atoms with van der Waals surface area (Å²) in [4.78, 5) is 0. The van der Waals surface area contributed by atoms with Crippen LogP contribution in [0.4, 0.5) is 26.3 Å². The van der Waals surface area contributed by atoms with Crippen molar-refractivity contribution in [2.45, 2.75) is 120 Å². The van der Waals surface area contributed by atoms with Crippen molar-refractivity contribution in [1.29, 1.82) is 0 Å². The lowest BCUT2D eigenvalue weighted by Crippen LogP contribution is -2.51. The summed E-state index contributed by atoms with van der Waals surface area (Å²) < 4.78 is 98.0. The highest BCUT2D eigenvalue weighted by Gasteiger charge is 2.56. The van der Waals surface area contributed by atoms with E-state index in [1.807, 2.05) is 0 Å². The summed E-state index contributed by atoms with van der Waals surface area (Å²) in [5.74, 6) is -1.27. The van der Waals surface area contributed by atoms with Gasteiger partial charge in [-0.05, 0) is 81.5 Å². The standard InChI is InChI=1S/C25H39F6O2P/c1-13-2-7-21(32-12-13)15-5-3-14(4-6-15)16-8-18(26)23(19(27)9-16)25(30,31)33-17-10-20(28)24(29)22(34)11-17/h13-24H,2-12,34H2,1H3. The molecule has 1 heterocycles. The lowest BCUT2D eigenvalue weighted by Gasteiger charge is -2.44. The van der Waals surface area contributed by atoms with Gasteiger partial charge in [-0.15, -0.1) is 9.24 Å². The first kappa shape index (κ1) is 27.0. The van der Waals surface area contributed by atoms with Crippen molar-refractivity contribution in [3.05, 3.63) is 0 Å². The zero-order valence-corrected chi connectivity index (χ0v) is 21.0. The maximum absolute atomic E-state index is 15.0. The van der Waals surface area contributed by atoms with Gasteiger partial charge in [0.25, 0.3) is 0 Å². The van der Waals surface area contributed by atoms with Gasteiger partial charge < -0.3 is 9.47 Å². The van der Waals surface area contributed by atoms with E-state index in [-0.39, 0.29) is 37.2 Å². The number of hydrogen-bond donors (Lipinski definition) is 0. The topological polar surface area (TPSA) is 18.5 Å². The summed E-state index contributed by atoms with van der Waals surface area (Å²) in [5, 5.41) is 0. The third kappa shape index (κ3) is 6.07. The number of rotatable bonds is 5. The number of hydrogen-bond acceptors (Lipinski definition) is 2. The van der Waals surface area contributed by atoms with Crippen LogP contribution in [0, 0.1) is 29.6 Å². The van der Waals surface area contributed by atoms with E-state index in [9.17, 15) is 17.6 Å². The molecule has 0 aromatic rings. The highest BCUT2D eigenvalue weighted by atomic mass is 31.0. The van der Waals surface area contributed by atoms with E-state index >= 15 is 8.78 Å². The molecule has 3 saturated carbocycles. The highest BCUT2D eigenvalue weighted by molar-refractivity contribution is 7.17. The Morgan fingerprint density at radius 2 is 1.38 bits per heavy atom. The van der Waals surface area contributed by atoms with Crippen LogP contribution in [0.25, 0.3) is 0 Å². The van der Waals surface area contributed by atoms with E-state index in [2.05, 4.69) is 16.2 Å². The molecule has 0 aromatic carbocycles. The Hall–Kier alpha value is -0.0700. The molecular formula is C25H39F6O2P. The first-order chi connectivity index (χ1) is 16.0. The predicted molar refractivity (Wildman–Crippen MR) is 122 cm³/mol. The van der Waals surface area contributed by atoms with Crippen molar-refractivity contribution < 1.29 is 35.8 Å². The van der Waals surface area contributed by atoms with Gasteiger partial charge in [-0.25, -0.2) is 17.6 Å². The number of halogens is 6. The van der Waals surface area contributed by atoms with Gasteiger partial charge in [-0.2, -0.15) is 8.78 Å². The Labute approximate surface area is 201 Å². The van der Waals surface area contributed by atoms with Crippen LogP contribution in [-0.4, -0.2) is 55.3 Å². The molecule has 2 nitrogen and oxygen atoms in total. The zero-order chi connectivity index (χ0) is 24.6. The van der Waals surface area contributed by atoms with Crippen molar-refractivity contribution in [3.63, 3.8) is 0 Å². The second-order valence-electron chi connectivity index (χ2n) is 11.4. The Kier molecular flexibility index (Phi) is 8.83. The molecule has 0 amide bonds. The van der Waals surface area contributed by atoms with Gasteiger partial charge in [-0.1, -0.05) is 6.92 Å². The van der Waals surface area contributed by atoms with Crippen LogP contribution < -0.4 is 0 Å². The fraction of sp³-hybridized carbons (Fsp3) is 1.00. The molecule has 4 rings (SSSR count). The molecule has 0 radical (unpaired) electrons. The minimum Gasteiger partial charge on any atom is -0.378 e. The molecule has 4 aliphatic rings. The van der Waals surface area contributed by atoms with E-state index in [4.69, 9.17) is 9.47 Å². The van der Waals surface area contributed by atoms with Crippen molar-refractivity contribution in [2.75, 3.05) is 6.61 Å². The zero-order valence-electron chi connectivity index (χ0n) is 19.9. The molecule has 9 heteroatoms. The molecule has 0 spiro atoms. The normalized spacial score (nSPS) is 49.1. The van der Waals surface area contributed by atoms with Gasteiger partial charge >= 0.3 is 6.11 Å². The molecule has 3 aliphatic carbocycles. The second kappa shape index (κ2) is 11.1. The lowest BCUT2D eigenvalue weighted by atomic mass is 9.67. The first-order valence-corrected chi connectivity index (χ1v) is 13.7. The van der Waals surface area contributed by atoms with Crippen molar-refractivity contribution >= 4 is 9.24 Å². The molecule has 9 unspecified atom stereocenters. The van der Waals surface area contributed by atoms with Gasteiger partial charge in [0, 0.05) is 18.7 Å². The predicted octanol–water partition coefficient (Wildman–Crippen LogP) is 7.00. The lowest BCUT2D eigenvalue weighted by molar-refractivity contribution is -0.321. The van der Waals surface area contributed by atoms with Crippen LogP contribution >= 0.6 is 9.24 Å². The fourth-order valence-corrected chi connectivity index (χ4v) is 7.38. The summed E-state index contributed by atoms with van der Waals surface area (Å²) in [7, 11) is 2.11. The highest BCUT2D eigenvalue weighted by Crippen LogP contribution is 2.49. The molecule has 4 fully saturated rings. The van der Waals surface area contributed by atoms with Gasteiger partial charge in [-0.3, -0.25) is 0 Å². The van der Waals surface area contributed by atoms with Crippen LogP contribution in [0.2, 0.25) is 0 Å². The average Bonchev–Trinajstić information content (AvgIpc) is 2.77. The van der Waals surface area contributed by atoms with Crippen molar-refractivity contribution in [1.82, 2.24) is 0 Å². The third-order valence-electron chi connectivity index (χ3n) is 8.87. The van der Waals surface area contributed by atoms with Gasteiger partial charge in [0.1, 0.15) is 30.6 Å². The molecule has 0 N–H and O–H groups in total. The van der Waals surface area contributed by atoms with Crippen LogP contribution in [0.15, 0.2) is 0 Å². The fourth-order valence-electron chi connectivity index (χ4n) is 6.84. The minimum atomic E-state index is -4.06. The second-order valence-corrected chi connectivity index (χ2v) is 12.3. The van der Waals surface area contributed by atoms with Crippen LogP contribution in [0.3, 0.4) is 0 Å². The van der Waals surface area contributed by atoms with Gasteiger partial charge in [0.15, 0.2) is 0 Å². The maximum atomic E-state index is 15.0. The molecule has 1 aliphatic heterocycles. The summed E-state index contributed by atoms with van der Waals surface area (Å²) in [6.45, 7) is 2.97. The summed E-state index contributed by atoms with van der Waals surface area (Å²) in [6.07, 6.45) is -7.85. The van der Waals surface area contributed by atoms with Gasteiger partial charge in [0.2, 0.25) is 0 Å². The molecule has 1 saturated heterocycles. The largest absolute Gasteiger partial charge is 0.378 e. The first-order valence-electron chi connectivity index (χ1n) is 13.0. The minimum absolute atomic E-state index is 0.105.